The van der Waals surface area contributed by atoms with Crippen LogP contribution in [0.25, 0.3) is 0 Å². The molecule has 1 amide bonds. The van der Waals surface area contributed by atoms with E-state index in [-0.39, 0.29) is 11.3 Å². The summed E-state index contributed by atoms with van der Waals surface area (Å²) >= 11 is 0. The number of amides is 1. The smallest absolute Gasteiger partial charge is 0.417 e. The molecule has 0 fully saturated rings. The van der Waals surface area contributed by atoms with Gasteiger partial charge in [0.2, 0.25) is 0 Å². The molecule has 0 aliphatic carbocycles. The fourth-order valence-electron chi connectivity index (χ4n) is 1.53. The number of nitrogens with one attached hydrogen (secondary N) is 1. The molecule has 0 aromatic heterocycles. The zero-order chi connectivity index (χ0) is 14.5. The summed E-state index contributed by atoms with van der Waals surface area (Å²) in [4.78, 5) is 22.6. The van der Waals surface area contributed by atoms with Gasteiger partial charge in [0.25, 0.3) is 0 Å². The summed E-state index contributed by atoms with van der Waals surface area (Å²) < 4.78 is 17.9. The molecule has 0 saturated carbocycles. The van der Waals surface area contributed by atoms with Crippen molar-refractivity contribution >= 4 is 17.7 Å². The monoisotopic (exact) mass is 275 g/mol. The first kappa shape index (κ1) is 13.5. The van der Waals surface area contributed by atoms with E-state index < -0.39 is 17.9 Å². The van der Waals surface area contributed by atoms with Crippen molar-refractivity contribution in [3.05, 3.63) is 59.9 Å². The second-order valence-corrected chi connectivity index (χ2v) is 3.82. The molecule has 2 aromatic carbocycles. The lowest BCUT2D eigenvalue weighted by Crippen LogP contribution is -2.18. The van der Waals surface area contributed by atoms with Gasteiger partial charge in [0.05, 0.1) is 11.3 Å². The summed E-state index contributed by atoms with van der Waals surface area (Å²) in [6.07, 6.45) is -0.856. The number of ether oxygens (including phenoxy) is 1. The number of halogens is 1. The Balaban J connectivity index is 2.14. The lowest BCUT2D eigenvalue weighted by atomic mass is 10.2. The Morgan fingerprint density at radius 1 is 1.10 bits per heavy atom. The van der Waals surface area contributed by atoms with Crippen LogP contribution in [0.1, 0.15) is 10.4 Å². The maximum absolute atomic E-state index is 13.0. The summed E-state index contributed by atoms with van der Waals surface area (Å²) in [5.41, 5.74) is -0.394. The minimum atomic E-state index is -1.35. The highest BCUT2D eigenvalue weighted by molar-refractivity contribution is 5.99. The van der Waals surface area contributed by atoms with Gasteiger partial charge in [0.1, 0.15) is 11.6 Å². The van der Waals surface area contributed by atoms with Gasteiger partial charge in [0.15, 0.2) is 0 Å². The molecule has 2 rings (SSSR count). The molecule has 102 valence electrons. The van der Waals surface area contributed by atoms with Crippen LogP contribution in [-0.4, -0.2) is 17.2 Å². The Kier molecular flexibility index (Phi) is 3.95. The number of benzene rings is 2. The first-order valence-corrected chi connectivity index (χ1v) is 5.63. The van der Waals surface area contributed by atoms with E-state index in [1.165, 1.54) is 0 Å². The number of hydrogen-bond acceptors (Lipinski definition) is 3. The van der Waals surface area contributed by atoms with Crippen LogP contribution in [0.4, 0.5) is 14.9 Å². The van der Waals surface area contributed by atoms with E-state index >= 15 is 0 Å². The molecule has 0 aliphatic heterocycles. The molecule has 5 nitrogen and oxygen atoms in total. The van der Waals surface area contributed by atoms with Crippen molar-refractivity contribution in [1.29, 1.82) is 0 Å². The average Bonchev–Trinajstić information content (AvgIpc) is 2.41. The molecule has 2 aromatic rings. The van der Waals surface area contributed by atoms with E-state index in [1.54, 1.807) is 30.3 Å². The predicted octanol–water partition coefficient (Wildman–Crippen LogP) is 3.13. The zero-order valence-corrected chi connectivity index (χ0v) is 10.2. The van der Waals surface area contributed by atoms with Gasteiger partial charge >= 0.3 is 12.1 Å². The molecular formula is C14H10FNO4. The molecule has 0 heterocycles. The minimum Gasteiger partial charge on any atom is -0.478 e. The summed E-state index contributed by atoms with van der Waals surface area (Å²) in [5, 5.41) is 11.2. The van der Waals surface area contributed by atoms with Crippen LogP contribution < -0.4 is 10.1 Å². The standard InChI is InChI=1S/C14H10FNO4/c15-9-6-7-12(11(8-9)13(17)18)16-14(19)20-10-4-2-1-3-5-10/h1-8H,(H,16,19)(H,17,18). The third kappa shape index (κ3) is 3.32. The molecular weight excluding hydrogens is 265 g/mol. The van der Waals surface area contributed by atoms with Crippen molar-refractivity contribution in [2.75, 3.05) is 5.32 Å². The first-order chi connectivity index (χ1) is 9.56. The lowest BCUT2D eigenvalue weighted by Gasteiger charge is -2.09. The van der Waals surface area contributed by atoms with Crippen molar-refractivity contribution in [3.8, 4) is 5.75 Å². The highest BCUT2D eigenvalue weighted by atomic mass is 19.1. The minimum absolute atomic E-state index is 0.0418. The van der Waals surface area contributed by atoms with Crippen molar-refractivity contribution in [2.45, 2.75) is 0 Å². The van der Waals surface area contributed by atoms with Gasteiger partial charge < -0.3 is 9.84 Å². The summed E-state index contributed by atoms with van der Waals surface area (Å²) in [7, 11) is 0. The molecule has 0 saturated heterocycles. The van der Waals surface area contributed by atoms with Gasteiger partial charge in [-0.25, -0.2) is 14.0 Å². The molecule has 0 atom stereocenters. The normalized spacial score (nSPS) is 9.85. The van der Waals surface area contributed by atoms with Crippen LogP contribution in [0, 0.1) is 5.82 Å². The zero-order valence-electron chi connectivity index (χ0n) is 10.2. The molecule has 0 spiro atoms. The van der Waals surface area contributed by atoms with Gasteiger partial charge in [-0.1, -0.05) is 18.2 Å². The van der Waals surface area contributed by atoms with Crippen LogP contribution in [0.2, 0.25) is 0 Å². The molecule has 6 heteroatoms. The fraction of sp³-hybridized carbons (Fsp3) is 0. The van der Waals surface area contributed by atoms with Gasteiger partial charge in [-0.15, -0.1) is 0 Å². The first-order valence-electron chi connectivity index (χ1n) is 5.63. The molecule has 2 N–H and O–H groups in total. The molecule has 0 unspecified atom stereocenters. The lowest BCUT2D eigenvalue weighted by molar-refractivity contribution is 0.0697. The number of anilines is 1. The van der Waals surface area contributed by atoms with Crippen LogP contribution in [0.15, 0.2) is 48.5 Å². The van der Waals surface area contributed by atoms with Gasteiger partial charge in [-0.05, 0) is 30.3 Å². The number of carbonyl (C=O) groups excluding carboxylic acids is 1. The second kappa shape index (κ2) is 5.83. The van der Waals surface area contributed by atoms with Crippen molar-refractivity contribution < 1.29 is 23.8 Å². The van der Waals surface area contributed by atoms with E-state index in [0.717, 1.165) is 18.2 Å². The number of carboxylic acid groups (broad SMARTS) is 1. The van der Waals surface area contributed by atoms with E-state index in [1.807, 2.05) is 0 Å². The summed E-state index contributed by atoms with van der Waals surface area (Å²) in [5.74, 6) is -1.74. The predicted molar refractivity (Wildman–Crippen MR) is 69.4 cm³/mol. The Bertz CT molecular complexity index is 643. The quantitative estimate of drug-likeness (QED) is 0.902. The maximum atomic E-state index is 13.0. The molecule has 0 bridgehead atoms. The van der Waals surface area contributed by atoms with Gasteiger partial charge in [0, 0.05) is 0 Å². The average molecular weight is 275 g/mol. The Hall–Kier alpha value is -2.89. The van der Waals surface area contributed by atoms with Crippen LogP contribution in [0.5, 0.6) is 5.75 Å². The number of aromatic carboxylic acids is 1. The topological polar surface area (TPSA) is 75.6 Å². The number of carbonyl (C=O) groups is 2. The Morgan fingerprint density at radius 2 is 1.80 bits per heavy atom. The fourth-order valence-corrected chi connectivity index (χ4v) is 1.53. The van der Waals surface area contributed by atoms with Crippen LogP contribution >= 0.6 is 0 Å². The molecule has 0 radical (unpaired) electrons. The summed E-state index contributed by atoms with van der Waals surface area (Å²) in [6.45, 7) is 0. The highest BCUT2D eigenvalue weighted by Crippen LogP contribution is 2.18. The second-order valence-electron chi connectivity index (χ2n) is 3.82. The van der Waals surface area contributed by atoms with E-state index in [4.69, 9.17) is 9.84 Å². The third-order valence-electron chi connectivity index (χ3n) is 2.40. The number of carboxylic acids is 1. The summed E-state index contributed by atoms with van der Waals surface area (Å²) in [6, 6.07) is 11.3. The maximum Gasteiger partial charge on any atom is 0.417 e. The number of para-hydroxylation sites is 1. The Labute approximate surface area is 113 Å². The Morgan fingerprint density at radius 3 is 2.45 bits per heavy atom. The molecule has 0 aliphatic rings. The van der Waals surface area contributed by atoms with Crippen molar-refractivity contribution in [1.82, 2.24) is 0 Å². The number of hydrogen-bond donors (Lipinski definition) is 2. The molecule has 20 heavy (non-hydrogen) atoms. The largest absolute Gasteiger partial charge is 0.478 e. The van der Waals surface area contributed by atoms with Gasteiger partial charge in [-0.3, -0.25) is 5.32 Å². The highest BCUT2D eigenvalue weighted by Gasteiger charge is 2.14. The van der Waals surface area contributed by atoms with E-state index in [0.29, 0.717) is 5.75 Å². The van der Waals surface area contributed by atoms with E-state index in [2.05, 4.69) is 5.32 Å². The van der Waals surface area contributed by atoms with E-state index in [9.17, 15) is 14.0 Å². The van der Waals surface area contributed by atoms with Crippen molar-refractivity contribution in [2.24, 2.45) is 0 Å². The third-order valence-corrected chi connectivity index (χ3v) is 2.40. The van der Waals surface area contributed by atoms with Crippen LogP contribution in [-0.2, 0) is 0 Å². The number of rotatable bonds is 3. The van der Waals surface area contributed by atoms with Crippen molar-refractivity contribution in [3.63, 3.8) is 0 Å². The van der Waals surface area contributed by atoms with Gasteiger partial charge in [-0.2, -0.15) is 0 Å². The SMILES string of the molecule is O=C(Nc1ccc(F)cc1C(=O)O)Oc1ccccc1. The van der Waals surface area contributed by atoms with Crippen LogP contribution in [0.3, 0.4) is 0 Å².